The largest absolute Gasteiger partial charge is 0.338 e. The molecule has 0 aromatic carbocycles. The van der Waals surface area contributed by atoms with Crippen molar-refractivity contribution in [3.05, 3.63) is 0 Å². The molecule has 1 aliphatic rings. The third-order valence-electron chi connectivity index (χ3n) is 3.40. The zero-order valence-electron chi connectivity index (χ0n) is 12.2. The van der Waals surface area contributed by atoms with Gasteiger partial charge in [0.15, 0.2) is 0 Å². The molecule has 2 N–H and O–H groups in total. The highest BCUT2D eigenvalue weighted by Crippen LogP contribution is 2.17. The summed E-state index contributed by atoms with van der Waals surface area (Å²) in [6.07, 6.45) is 7.30. The van der Waals surface area contributed by atoms with Crippen molar-refractivity contribution < 1.29 is 13.2 Å². The van der Waals surface area contributed by atoms with Gasteiger partial charge in [-0.1, -0.05) is 19.8 Å². The Balaban J connectivity index is 2.35. The van der Waals surface area contributed by atoms with E-state index in [2.05, 4.69) is 16.6 Å². The van der Waals surface area contributed by atoms with E-state index >= 15 is 0 Å². The van der Waals surface area contributed by atoms with Gasteiger partial charge in [0.2, 0.25) is 10.0 Å². The van der Waals surface area contributed by atoms with E-state index in [1.807, 2.05) is 13.8 Å². The number of urea groups is 1. The van der Waals surface area contributed by atoms with Gasteiger partial charge >= 0.3 is 6.03 Å². The van der Waals surface area contributed by atoms with Crippen LogP contribution in [0.15, 0.2) is 0 Å². The lowest BCUT2D eigenvalue weighted by molar-refractivity contribution is 0.235. The van der Waals surface area contributed by atoms with Crippen LogP contribution < -0.4 is 10.6 Å². The Labute approximate surface area is 121 Å². The molecule has 1 saturated heterocycles. The Morgan fingerprint density at radius 2 is 2.15 bits per heavy atom. The minimum Gasteiger partial charge on any atom is -0.338 e. The molecule has 1 aliphatic heterocycles. The first-order valence-corrected chi connectivity index (χ1v) is 8.54. The predicted octanol–water partition coefficient (Wildman–Crippen LogP) is 0.225. The van der Waals surface area contributed by atoms with Crippen molar-refractivity contribution in [2.45, 2.75) is 26.3 Å². The van der Waals surface area contributed by atoms with Crippen LogP contribution in [0.4, 0.5) is 4.79 Å². The zero-order valence-corrected chi connectivity index (χ0v) is 13.0. The molecule has 1 fully saturated rings. The number of hydrogen-bond donors (Lipinski definition) is 2. The molecule has 0 bridgehead atoms. The second kappa shape index (κ2) is 6.95. The second-order valence-corrected chi connectivity index (χ2v) is 7.50. The van der Waals surface area contributed by atoms with E-state index in [0.717, 1.165) is 6.42 Å². The van der Waals surface area contributed by atoms with Crippen molar-refractivity contribution in [2.75, 3.05) is 25.9 Å². The molecular formula is C13H23N3O3S. The summed E-state index contributed by atoms with van der Waals surface area (Å²) in [4.78, 5) is 11.7. The molecule has 0 spiro atoms. The van der Waals surface area contributed by atoms with Crippen molar-refractivity contribution in [3.8, 4) is 12.3 Å². The van der Waals surface area contributed by atoms with E-state index < -0.39 is 10.0 Å². The maximum absolute atomic E-state index is 11.7. The molecular weight excluding hydrogens is 278 g/mol. The number of nitrogens with zero attached hydrogens (tertiary/aromatic N) is 1. The molecule has 2 amide bonds. The Morgan fingerprint density at radius 3 is 2.60 bits per heavy atom. The van der Waals surface area contributed by atoms with E-state index in [1.54, 1.807) is 0 Å². The van der Waals surface area contributed by atoms with Crippen LogP contribution in [0.1, 0.15) is 20.3 Å². The van der Waals surface area contributed by atoms with Gasteiger partial charge in [0.25, 0.3) is 0 Å². The fourth-order valence-corrected chi connectivity index (χ4v) is 3.01. The molecule has 0 unspecified atom stereocenters. The maximum atomic E-state index is 11.7. The summed E-state index contributed by atoms with van der Waals surface area (Å²) in [5, 5.41) is 5.46. The van der Waals surface area contributed by atoms with Gasteiger partial charge in [-0.05, 0) is 18.3 Å². The number of carbonyl (C=O) groups excluding carboxylic acids is 1. The summed E-state index contributed by atoms with van der Waals surface area (Å²) in [7, 11) is -3.13. The molecule has 1 rings (SSSR count). The van der Waals surface area contributed by atoms with Gasteiger partial charge in [-0.2, -0.15) is 0 Å². The van der Waals surface area contributed by atoms with E-state index in [0.29, 0.717) is 19.6 Å². The Bertz CT molecular complexity index is 482. The van der Waals surface area contributed by atoms with Crippen molar-refractivity contribution >= 4 is 16.1 Å². The molecule has 1 heterocycles. The first-order valence-electron chi connectivity index (χ1n) is 6.69. The summed E-state index contributed by atoms with van der Waals surface area (Å²) in [6.45, 7) is 5.30. The molecule has 7 heteroatoms. The second-order valence-electron chi connectivity index (χ2n) is 5.52. The Hall–Kier alpha value is -1.26. The van der Waals surface area contributed by atoms with Crippen LogP contribution >= 0.6 is 0 Å². The lowest BCUT2D eigenvalue weighted by Gasteiger charge is -2.18. The number of nitrogens with one attached hydrogen (secondary N) is 2. The van der Waals surface area contributed by atoms with E-state index in [-0.39, 0.29) is 23.9 Å². The zero-order chi connectivity index (χ0) is 15.3. The maximum Gasteiger partial charge on any atom is 0.315 e. The van der Waals surface area contributed by atoms with E-state index in [1.165, 1.54) is 10.6 Å². The van der Waals surface area contributed by atoms with Crippen molar-refractivity contribution in [1.82, 2.24) is 14.9 Å². The third kappa shape index (κ3) is 5.02. The van der Waals surface area contributed by atoms with Crippen LogP contribution in [0, 0.1) is 24.2 Å². The number of hydrogen-bond acceptors (Lipinski definition) is 3. The normalized spacial score (nSPS) is 21.4. The fraction of sp³-hybridized carbons (Fsp3) is 0.769. The third-order valence-corrected chi connectivity index (χ3v) is 4.67. The molecule has 0 aromatic rings. The molecule has 114 valence electrons. The average molecular weight is 301 g/mol. The van der Waals surface area contributed by atoms with Gasteiger partial charge in [-0.15, -0.1) is 6.42 Å². The Morgan fingerprint density at radius 1 is 1.50 bits per heavy atom. The molecule has 0 aliphatic carbocycles. The smallest absolute Gasteiger partial charge is 0.315 e. The summed E-state index contributed by atoms with van der Waals surface area (Å²) in [6, 6.07) is -0.606. The van der Waals surface area contributed by atoms with Gasteiger partial charge in [-0.3, -0.25) is 0 Å². The topological polar surface area (TPSA) is 78.5 Å². The summed E-state index contributed by atoms with van der Waals surface area (Å²) in [5.41, 5.74) is 0. The molecule has 2 atom stereocenters. The first-order chi connectivity index (χ1) is 9.24. The molecule has 20 heavy (non-hydrogen) atoms. The lowest BCUT2D eigenvalue weighted by Crippen LogP contribution is -2.45. The highest BCUT2D eigenvalue weighted by molar-refractivity contribution is 7.88. The van der Waals surface area contributed by atoms with Crippen molar-refractivity contribution in [3.63, 3.8) is 0 Å². The number of sulfonamides is 1. The summed E-state index contributed by atoms with van der Waals surface area (Å²) < 4.78 is 24.2. The van der Waals surface area contributed by atoms with E-state index in [4.69, 9.17) is 6.42 Å². The van der Waals surface area contributed by atoms with Crippen LogP contribution in [0.25, 0.3) is 0 Å². The molecule has 6 nitrogen and oxygen atoms in total. The SMILES string of the molecule is C#C[C@H](NC(=O)NC[C@@H]1CCN(S(C)(=O)=O)C1)C(C)C. The fourth-order valence-electron chi connectivity index (χ4n) is 2.10. The van der Waals surface area contributed by atoms with Crippen LogP contribution in [0.3, 0.4) is 0 Å². The first kappa shape index (κ1) is 16.8. The van der Waals surface area contributed by atoms with E-state index in [9.17, 15) is 13.2 Å². The van der Waals surface area contributed by atoms with Gasteiger partial charge < -0.3 is 10.6 Å². The van der Waals surface area contributed by atoms with Gasteiger partial charge in [-0.25, -0.2) is 17.5 Å². The van der Waals surface area contributed by atoms with Gasteiger partial charge in [0.05, 0.1) is 12.3 Å². The minimum absolute atomic E-state index is 0.152. The van der Waals surface area contributed by atoms with Crippen LogP contribution in [0.5, 0.6) is 0 Å². The Kier molecular flexibility index (Phi) is 5.84. The van der Waals surface area contributed by atoms with Crippen molar-refractivity contribution in [1.29, 1.82) is 0 Å². The molecule has 0 saturated carbocycles. The standard InChI is InChI=1S/C13H23N3O3S/c1-5-12(10(2)3)15-13(17)14-8-11-6-7-16(9-11)20(4,18)19/h1,10-12H,6-9H2,2-4H3,(H2,14,15,17)/t11-,12-/m0/s1. The number of terminal acetylenes is 1. The van der Waals surface area contributed by atoms with Crippen LogP contribution in [-0.2, 0) is 10.0 Å². The summed E-state index contributed by atoms with van der Waals surface area (Å²) >= 11 is 0. The summed E-state index contributed by atoms with van der Waals surface area (Å²) in [5.74, 6) is 2.84. The van der Waals surface area contributed by atoms with Gasteiger partial charge in [0, 0.05) is 19.6 Å². The molecule has 0 radical (unpaired) electrons. The minimum atomic E-state index is -3.13. The number of rotatable bonds is 5. The highest BCUT2D eigenvalue weighted by Gasteiger charge is 2.28. The lowest BCUT2D eigenvalue weighted by atomic mass is 10.1. The highest BCUT2D eigenvalue weighted by atomic mass is 32.2. The van der Waals surface area contributed by atoms with Crippen molar-refractivity contribution in [2.24, 2.45) is 11.8 Å². The van der Waals surface area contributed by atoms with Crippen LogP contribution in [-0.4, -0.2) is 50.7 Å². The molecule has 0 aromatic heterocycles. The quantitative estimate of drug-likeness (QED) is 0.713. The van der Waals surface area contributed by atoms with Gasteiger partial charge in [0.1, 0.15) is 0 Å². The average Bonchev–Trinajstić information content (AvgIpc) is 2.81. The number of carbonyl (C=O) groups is 1. The van der Waals surface area contributed by atoms with Crippen LogP contribution in [0.2, 0.25) is 0 Å². The monoisotopic (exact) mass is 301 g/mol. The number of amides is 2. The predicted molar refractivity (Wildman–Crippen MR) is 78.5 cm³/mol.